The molecule has 0 radical (unpaired) electrons. The molecule has 6 heteroatoms. The van der Waals surface area contributed by atoms with Gasteiger partial charge in [0.1, 0.15) is 5.82 Å². The van der Waals surface area contributed by atoms with Crippen LogP contribution in [-0.2, 0) is 0 Å². The second-order valence-corrected chi connectivity index (χ2v) is 4.93. The van der Waals surface area contributed by atoms with Crippen molar-refractivity contribution < 1.29 is 4.79 Å². The third kappa shape index (κ3) is 3.09. The molecule has 0 fully saturated rings. The summed E-state index contributed by atoms with van der Waals surface area (Å²) in [5.74, 6) is 5.45. The molecule has 0 spiro atoms. The molecule has 0 aliphatic rings. The number of para-hydroxylation sites is 1. The highest BCUT2D eigenvalue weighted by molar-refractivity contribution is 6.06. The Labute approximate surface area is 123 Å². The highest BCUT2D eigenvalue weighted by Gasteiger charge is 2.18. The molecule has 21 heavy (non-hydrogen) atoms. The molecule has 1 atom stereocenters. The number of nitrogens with one attached hydrogen (secondary N) is 1. The van der Waals surface area contributed by atoms with E-state index >= 15 is 0 Å². The van der Waals surface area contributed by atoms with Gasteiger partial charge in [-0.1, -0.05) is 18.2 Å². The van der Waals surface area contributed by atoms with E-state index in [-0.39, 0.29) is 11.8 Å². The second-order valence-electron chi connectivity index (χ2n) is 4.93. The quantitative estimate of drug-likeness (QED) is 0.658. The highest BCUT2D eigenvalue weighted by atomic mass is 16.2. The van der Waals surface area contributed by atoms with Crippen molar-refractivity contribution in [3.05, 3.63) is 35.9 Å². The number of amides is 1. The molecular formula is C15H17N5O. The minimum Gasteiger partial charge on any atom is -0.340 e. The van der Waals surface area contributed by atoms with Crippen LogP contribution in [0.3, 0.4) is 0 Å². The average molecular weight is 283 g/mol. The molecule has 3 N–H and O–H groups in total. The number of nitrogens with two attached hydrogens (primary N) is 1. The van der Waals surface area contributed by atoms with Gasteiger partial charge in [0, 0.05) is 19.0 Å². The van der Waals surface area contributed by atoms with E-state index in [0.29, 0.717) is 23.4 Å². The number of rotatable bonds is 4. The van der Waals surface area contributed by atoms with Gasteiger partial charge in [-0.05, 0) is 19.1 Å². The molecule has 1 aromatic carbocycles. The lowest BCUT2D eigenvalue weighted by atomic mass is 10.1. The molecule has 0 bridgehead atoms. The first-order valence-electron chi connectivity index (χ1n) is 6.58. The lowest BCUT2D eigenvalue weighted by molar-refractivity contribution is 0.0787. The van der Waals surface area contributed by atoms with E-state index in [1.165, 1.54) is 4.90 Å². The van der Waals surface area contributed by atoms with Crippen molar-refractivity contribution in [3.8, 4) is 6.07 Å². The van der Waals surface area contributed by atoms with E-state index in [0.717, 1.165) is 5.39 Å². The first kappa shape index (κ1) is 14.8. The van der Waals surface area contributed by atoms with E-state index in [2.05, 4.69) is 16.5 Å². The van der Waals surface area contributed by atoms with Gasteiger partial charge in [-0.15, -0.1) is 0 Å². The Morgan fingerprint density at radius 1 is 1.52 bits per heavy atom. The molecule has 0 aliphatic carbocycles. The minimum atomic E-state index is -0.223. The molecule has 0 aliphatic heterocycles. The van der Waals surface area contributed by atoms with Crippen LogP contribution in [0.4, 0.5) is 5.82 Å². The Morgan fingerprint density at radius 2 is 2.24 bits per heavy atom. The Balaban J connectivity index is 2.45. The van der Waals surface area contributed by atoms with E-state index in [1.54, 1.807) is 20.0 Å². The number of nitriles is 1. The molecule has 1 unspecified atom stereocenters. The van der Waals surface area contributed by atoms with Crippen molar-refractivity contribution in [2.24, 2.45) is 11.8 Å². The number of aromatic nitrogens is 1. The summed E-state index contributed by atoms with van der Waals surface area (Å²) < 4.78 is 0. The number of benzene rings is 1. The van der Waals surface area contributed by atoms with Crippen LogP contribution in [0.1, 0.15) is 17.3 Å². The zero-order chi connectivity index (χ0) is 15.4. The molecule has 1 amide bonds. The zero-order valence-corrected chi connectivity index (χ0v) is 12.0. The Morgan fingerprint density at radius 3 is 2.90 bits per heavy atom. The van der Waals surface area contributed by atoms with E-state index < -0.39 is 0 Å². The van der Waals surface area contributed by atoms with Crippen LogP contribution in [0, 0.1) is 17.2 Å². The van der Waals surface area contributed by atoms with Crippen LogP contribution in [0.15, 0.2) is 30.3 Å². The van der Waals surface area contributed by atoms with Crippen molar-refractivity contribution >= 4 is 22.6 Å². The second kappa shape index (κ2) is 6.20. The number of nitrogens with zero attached hydrogens (tertiary/aromatic N) is 3. The first-order chi connectivity index (χ1) is 10.1. The van der Waals surface area contributed by atoms with Gasteiger partial charge >= 0.3 is 0 Å². The van der Waals surface area contributed by atoms with Gasteiger partial charge in [-0.25, -0.2) is 10.8 Å². The summed E-state index contributed by atoms with van der Waals surface area (Å²) in [7, 11) is 1.68. The normalized spacial score (nSPS) is 11.7. The number of carbonyl (C=O) groups is 1. The molecule has 2 aromatic rings. The Hall–Kier alpha value is -2.65. The average Bonchev–Trinajstić information content (AvgIpc) is 2.52. The molecule has 108 valence electrons. The minimum absolute atomic E-state index is 0.160. The summed E-state index contributed by atoms with van der Waals surface area (Å²) >= 11 is 0. The van der Waals surface area contributed by atoms with Gasteiger partial charge < -0.3 is 10.3 Å². The van der Waals surface area contributed by atoms with E-state index in [4.69, 9.17) is 11.1 Å². The standard InChI is InChI=1S/C15H17N5O/c1-10(8-16)9-20(2)15(21)12-7-14(19-17)18-13-6-4-3-5-11(12)13/h3-7,10H,9,17H2,1-2H3,(H,18,19). The van der Waals surface area contributed by atoms with Crippen LogP contribution in [-0.4, -0.2) is 29.4 Å². The van der Waals surface area contributed by atoms with Crippen LogP contribution >= 0.6 is 0 Å². The number of hydrazine groups is 1. The predicted octanol–water partition coefficient (Wildman–Crippen LogP) is 1.75. The van der Waals surface area contributed by atoms with Gasteiger partial charge in [-0.3, -0.25) is 4.79 Å². The summed E-state index contributed by atoms with van der Waals surface area (Å²) in [6.45, 7) is 2.15. The molecule has 1 aromatic heterocycles. The van der Waals surface area contributed by atoms with Crippen molar-refractivity contribution in [1.82, 2.24) is 9.88 Å². The largest absolute Gasteiger partial charge is 0.340 e. The number of nitrogen functional groups attached to an aromatic ring is 1. The number of pyridine rings is 1. The summed E-state index contributed by atoms with van der Waals surface area (Å²) in [4.78, 5) is 18.5. The highest BCUT2D eigenvalue weighted by Crippen LogP contribution is 2.21. The SMILES string of the molecule is CC(C#N)CN(C)C(=O)c1cc(NN)nc2ccccc12. The molecule has 0 saturated carbocycles. The summed E-state index contributed by atoms with van der Waals surface area (Å²) in [6.07, 6.45) is 0. The summed E-state index contributed by atoms with van der Waals surface area (Å²) in [5.41, 5.74) is 3.68. The fraction of sp³-hybridized carbons (Fsp3) is 0.267. The number of anilines is 1. The number of hydrogen-bond acceptors (Lipinski definition) is 5. The Kier molecular flexibility index (Phi) is 4.36. The van der Waals surface area contributed by atoms with E-state index in [1.807, 2.05) is 24.3 Å². The van der Waals surface area contributed by atoms with Gasteiger partial charge in [0.25, 0.3) is 5.91 Å². The smallest absolute Gasteiger partial charge is 0.254 e. The van der Waals surface area contributed by atoms with Crippen LogP contribution in [0.2, 0.25) is 0 Å². The van der Waals surface area contributed by atoms with Crippen molar-refractivity contribution in [2.75, 3.05) is 19.0 Å². The molecular weight excluding hydrogens is 266 g/mol. The number of carbonyl (C=O) groups excluding carboxylic acids is 1. The van der Waals surface area contributed by atoms with Crippen molar-refractivity contribution in [3.63, 3.8) is 0 Å². The van der Waals surface area contributed by atoms with E-state index in [9.17, 15) is 4.79 Å². The lowest BCUT2D eigenvalue weighted by Gasteiger charge is -2.19. The van der Waals surface area contributed by atoms with Gasteiger partial charge in [-0.2, -0.15) is 5.26 Å². The maximum Gasteiger partial charge on any atom is 0.254 e. The fourth-order valence-electron chi connectivity index (χ4n) is 2.17. The van der Waals surface area contributed by atoms with Crippen molar-refractivity contribution in [2.45, 2.75) is 6.92 Å². The zero-order valence-electron chi connectivity index (χ0n) is 12.0. The third-order valence-corrected chi connectivity index (χ3v) is 3.21. The third-order valence-electron chi connectivity index (χ3n) is 3.21. The van der Waals surface area contributed by atoms with Crippen LogP contribution in [0.5, 0.6) is 0 Å². The predicted molar refractivity (Wildman–Crippen MR) is 81.3 cm³/mol. The van der Waals surface area contributed by atoms with Crippen molar-refractivity contribution in [1.29, 1.82) is 5.26 Å². The van der Waals surface area contributed by atoms with Crippen LogP contribution in [0.25, 0.3) is 10.9 Å². The monoisotopic (exact) mass is 283 g/mol. The first-order valence-corrected chi connectivity index (χ1v) is 6.58. The van der Waals surface area contributed by atoms with Gasteiger partial charge in [0.05, 0.1) is 23.1 Å². The number of fused-ring (bicyclic) bond motifs is 1. The lowest BCUT2D eigenvalue weighted by Crippen LogP contribution is -2.31. The molecule has 0 saturated heterocycles. The van der Waals surface area contributed by atoms with Crippen LogP contribution < -0.4 is 11.3 Å². The maximum absolute atomic E-state index is 12.6. The molecule has 6 nitrogen and oxygen atoms in total. The number of hydrogen-bond donors (Lipinski definition) is 2. The Bertz CT molecular complexity index is 707. The maximum atomic E-state index is 12.6. The van der Waals surface area contributed by atoms with Gasteiger partial charge in [0.15, 0.2) is 0 Å². The summed E-state index contributed by atoms with van der Waals surface area (Å²) in [5, 5.41) is 9.63. The molecule has 1 heterocycles. The topological polar surface area (TPSA) is 95.0 Å². The van der Waals surface area contributed by atoms with Gasteiger partial charge in [0.2, 0.25) is 0 Å². The molecule has 2 rings (SSSR count). The summed E-state index contributed by atoms with van der Waals surface area (Å²) in [6, 6.07) is 11.1. The fourth-order valence-corrected chi connectivity index (χ4v) is 2.17.